The van der Waals surface area contributed by atoms with E-state index >= 15 is 0 Å². The Morgan fingerprint density at radius 2 is 1.60 bits per heavy atom. The molecule has 4 nitrogen and oxygen atoms in total. The number of aliphatic carboxylic acids is 1. The third kappa shape index (κ3) is 5.47. The van der Waals surface area contributed by atoms with Gasteiger partial charge in [-0.3, -0.25) is 9.59 Å². The number of ether oxygens (including phenoxy) is 1. The Labute approximate surface area is 214 Å². The first-order valence-corrected chi connectivity index (χ1v) is 15.0. The van der Waals surface area contributed by atoms with E-state index in [4.69, 9.17) is 9.84 Å². The molecule has 0 radical (unpaired) electrons. The second kappa shape index (κ2) is 10.7. The Bertz CT molecular complexity index is 761. The van der Waals surface area contributed by atoms with Crippen LogP contribution in [0.25, 0.3) is 0 Å². The summed E-state index contributed by atoms with van der Waals surface area (Å²) in [5.74, 6) is 4.60. The Morgan fingerprint density at radius 3 is 2.31 bits per heavy atom. The minimum atomic E-state index is -0.931. The molecule has 0 aromatic rings. The number of hydrogen-bond donors (Lipinski definition) is 1. The second-order valence-electron chi connectivity index (χ2n) is 14.0. The minimum absolute atomic E-state index is 0.00418. The molecule has 0 aromatic heterocycles. The maximum Gasteiger partial charge on any atom is 0.306 e. The van der Waals surface area contributed by atoms with Gasteiger partial charge in [-0.05, 0) is 110 Å². The lowest BCUT2D eigenvalue weighted by atomic mass is 9.44. The molecule has 4 rings (SSSR count). The van der Waals surface area contributed by atoms with Crippen molar-refractivity contribution in [2.45, 2.75) is 131 Å². The smallest absolute Gasteiger partial charge is 0.306 e. The number of rotatable bonds is 9. The van der Waals surface area contributed by atoms with Crippen molar-refractivity contribution in [2.24, 2.45) is 52.3 Å². The molecule has 0 spiro atoms. The molecule has 4 saturated carbocycles. The van der Waals surface area contributed by atoms with E-state index in [0.717, 1.165) is 54.8 Å². The standard InChI is InChI=1S/C31H52O4/c1-20(2)7-6-8-21(3)25-11-12-26-24-10-9-22-19-23(35-29(34)14-13-28(32)33)15-17-30(22,4)27(24)16-18-31(25,26)5/h20-27H,6-19H2,1-5H3,(H,32,33)/t21-,22+,23-,24+,25+,26-,27+,30+,31-/m0/s1. The van der Waals surface area contributed by atoms with E-state index in [0.29, 0.717) is 16.7 Å². The van der Waals surface area contributed by atoms with Crippen molar-refractivity contribution in [3.63, 3.8) is 0 Å². The van der Waals surface area contributed by atoms with Crippen LogP contribution in [0, 0.1) is 52.3 Å². The van der Waals surface area contributed by atoms with Gasteiger partial charge >= 0.3 is 11.9 Å². The zero-order valence-electron chi connectivity index (χ0n) is 23.2. The molecule has 0 heterocycles. The minimum Gasteiger partial charge on any atom is -0.481 e. The first kappa shape index (κ1) is 27.0. The maximum absolute atomic E-state index is 12.1. The number of carboxylic acids is 1. The van der Waals surface area contributed by atoms with E-state index in [-0.39, 0.29) is 24.9 Å². The van der Waals surface area contributed by atoms with Crippen molar-refractivity contribution >= 4 is 11.9 Å². The van der Waals surface area contributed by atoms with E-state index in [9.17, 15) is 9.59 Å². The molecular formula is C31H52O4. The fourth-order valence-electron chi connectivity index (χ4n) is 9.80. The molecule has 0 bridgehead atoms. The summed E-state index contributed by atoms with van der Waals surface area (Å²) < 4.78 is 5.74. The van der Waals surface area contributed by atoms with Crippen LogP contribution < -0.4 is 0 Å². The van der Waals surface area contributed by atoms with E-state index in [1.54, 1.807) is 0 Å². The summed E-state index contributed by atoms with van der Waals surface area (Å²) in [5.41, 5.74) is 0.924. The Hall–Kier alpha value is -1.06. The van der Waals surface area contributed by atoms with Gasteiger partial charge in [0.2, 0.25) is 0 Å². The number of carbonyl (C=O) groups is 2. The molecule has 4 aliphatic rings. The van der Waals surface area contributed by atoms with Crippen LogP contribution in [-0.2, 0) is 14.3 Å². The van der Waals surface area contributed by atoms with Crippen molar-refractivity contribution in [3.8, 4) is 0 Å². The predicted octanol–water partition coefficient (Wildman–Crippen LogP) is 7.88. The van der Waals surface area contributed by atoms with Crippen LogP contribution in [0.1, 0.15) is 125 Å². The third-order valence-electron chi connectivity index (χ3n) is 11.7. The molecule has 0 amide bonds. The van der Waals surface area contributed by atoms with Gasteiger partial charge in [0.05, 0.1) is 12.8 Å². The second-order valence-corrected chi connectivity index (χ2v) is 14.0. The summed E-state index contributed by atoms with van der Waals surface area (Å²) in [6, 6.07) is 0. The van der Waals surface area contributed by atoms with Crippen molar-refractivity contribution in [1.82, 2.24) is 0 Å². The SMILES string of the molecule is CC(C)CCC[C@H](C)[C@H]1CC[C@H]2[C@H]3CC[C@@H]4C[C@@H](OC(=O)CCC(=O)O)CC[C@@]4(C)[C@@H]3CC[C@@]12C. The Balaban J connectivity index is 1.37. The lowest BCUT2D eigenvalue weighted by molar-refractivity contribution is -0.164. The van der Waals surface area contributed by atoms with Crippen molar-refractivity contribution in [3.05, 3.63) is 0 Å². The summed E-state index contributed by atoms with van der Waals surface area (Å²) in [6.45, 7) is 12.5. The van der Waals surface area contributed by atoms with E-state index in [1.165, 1.54) is 57.8 Å². The van der Waals surface area contributed by atoms with Crippen LogP contribution in [-0.4, -0.2) is 23.1 Å². The molecule has 1 N–H and O–H groups in total. The molecular weight excluding hydrogens is 436 g/mol. The van der Waals surface area contributed by atoms with E-state index in [2.05, 4.69) is 34.6 Å². The van der Waals surface area contributed by atoms with Gasteiger partial charge in [0, 0.05) is 0 Å². The topological polar surface area (TPSA) is 63.6 Å². The highest BCUT2D eigenvalue weighted by molar-refractivity contribution is 5.76. The first-order chi connectivity index (χ1) is 16.5. The highest BCUT2D eigenvalue weighted by Gasteiger charge is 2.60. The number of fused-ring (bicyclic) bond motifs is 5. The number of esters is 1. The number of carbonyl (C=O) groups excluding carboxylic acids is 1. The zero-order chi connectivity index (χ0) is 25.4. The molecule has 0 unspecified atom stereocenters. The summed E-state index contributed by atoms with van der Waals surface area (Å²) >= 11 is 0. The van der Waals surface area contributed by atoms with Gasteiger partial charge in [0.15, 0.2) is 0 Å². The Morgan fingerprint density at radius 1 is 0.886 bits per heavy atom. The van der Waals surface area contributed by atoms with Crippen molar-refractivity contribution in [1.29, 1.82) is 0 Å². The van der Waals surface area contributed by atoms with Crippen LogP contribution in [0.15, 0.2) is 0 Å². The third-order valence-corrected chi connectivity index (χ3v) is 11.7. The molecule has 200 valence electrons. The zero-order valence-corrected chi connectivity index (χ0v) is 23.2. The normalized spacial score (nSPS) is 41.5. The van der Waals surface area contributed by atoms with Crippen LogP contribution in [0.2, 0.25) is 0 Å². The molecule has 0 saturated heterocycles. The fraction of sp³-hybridized carbons (Fsp3) is 0.935. The van der Waals surface area contributed by atoms with Crippen LogP contribution in [0.4, 0.5) is 0 Å². The predicted molar refractivity (Wildman–Crippen MR) is 140 cm³/mol. The highest BCUT2D eigenvalue weighted by Crippen LogP contribution is 2.68. The molecule has 4 heteroatoms. The number of hydrogen-bond acceptors (Lipinski definition) is 3. The summed E-state index contributed by atoms with van der Waals surface area (Å²) in [5, 5.41) is 8.85. The summed E-state index contributed by atoms with van der Waals surface area (Å²) in [4.78, 5) is 22.9. The monoisotopic (exact) mass is 488 g/mol. The summed E-state index contributed by atoms with van der Waals surface area (Å²) in [6.07, 6.45) is 15.5. The first-order valence-electron chi connectivity index (χ1n) is 15.0. The van der Waals surface area contributed by atoms with E-state index < -0.39 is 5.97 Å². The van der Waals surface area contributed by atoms with Crippen LogP contribution in [0.5, 0.6) is 0 Å². The van der Waals surface area contributed by atoms with Crippen molar-refractivity contribution < 1.29 is 19.4 Å². The average molecular weight is 489 g/mol. The number of carboxylic acid groups (broad SMARTS) is 1. The van der Waals surface area contributed by atoms with Gasteiger partial charge in [-0.1, -0.05) is 53.9 Å². The van der Waals surface area contributed by atoms with Crippen molar-refractivity contribution in [2.75, 3.05) is 0 Å². The van der Waals surface area contributed by atoms with Gasteiger partial charge in [-0.2, -0.15) is 0 Å². The van der Waals surface area contributed by atoms with Gasteiger partial charge in [0.25, 0.3) is 0 Å². The largest absolute Gasteiger partial charge is 0.481 e. The lowest BCUT2D eigenvalue weighted by Crippen LogP contribution is -2.54. The molecule has 35 heavy (non-hydrogen) atoms. The molecule has 4 aliphatic carbocycles. The quantitative estimate of drug-likeness (QED) is 0.335. The van der Waals surface area contributed by atoms with Gasteiger partial charge in [-0.25, -0.2) is 0 Å². The van der Waals surface area contributed by atoms with Gasteiger partial charge in [-0.15, -0.1) is 0 Å². The fourth-order valence-corrected chi connectivity index (χ4v) is 9.80. The molecule has 9 atom stereocenters. The molecule has 0 aliphatic heterocycles. The van der Waals surface area contributed by atoms with Gasteiger partial charge in [0.1, 0.15) is 6.10 Å². The summed E-state index contributed by atoms with van der Waals surface area (Å²) in [7, 11) is 0. The molecule has 0 aromatic carbocycles. The van der Waals surface area contributed by atoms with Crippen LogP contribution >= 0.6 is 0 Å². The Kier molecular flexibility index (Phi) is 8.28. The lowest BCUT2D eigenvalue weighted by Gasteiger charge is -2.61. The average Bonchev–Trinajstić information content (AvgIpc) is 3.15. The van der Waals surface area contributed by atoms with E-state index in [1.807, 2.05) is 0 Å². The van der Waals surface area contributed by atoms with Gasteiger partial charge < -0.3 is 9.84 Å². The maximum atomic E-state index is 12.1. The highest BCUT2D eigenvalue weighted by atomic mass is 16.5. The molecule has 4 fully saturated rings. The van der Waals surface area contributed by atoms with Crippen LogP contribution in [0.3, 0.4) is 0 Å².